The number of aromatic amines is 1. The molecule has 0 spiro atoms. The first-order valence-corrected chi connectivity index (χ1v) is 7.12. The Morgan fingerprint density at radius 3 is 3.06 bits per heavy atom. The standard InChI is InChI=1S/C12H16N2OS2/c1-8(6-16)7-17-12-13-10-4-3-9(15-2)5-11(10)14-12/h3-5,8,16H,6-7H2,1-2H3,(H,13,14). The molecule has 0 aliphatic carbocycles. The molecule has 0 fully saturated rings. The molecule has 1 heterocycles. The first-order chi connectivity index (χ1) is 8.22. The van der Waals surface area contributed by atoms with Gasteiger partial charge in [-0.2, -0.15) is 12.6 Å². The van der Waals surface area contributed by atoms with Crippen LogP contribution in [0, 0.1) is 5.92 Å². The second-order valence-electron chi connectivity index (χ2n) is 4.02. The van der Waals surface area contributed by atoms with E-state index < -0.39 is 0 Å². The minimum atomic E-state index is 0.589. The van der Waals surface area contributed by atoms with E-state index in [1.54, 1.807) is 18.9 Å². The van der Waals surface area contributed by atoms with E-state index in [2.05, 4.69) is 29.5 Å². The predicted molar refractivity (Wildman–Crippen MR) is 76.4 cm³/mol. The average molecular weight is 268 g/mol. The summed E-state index contributed by atoms with van der Waals surface area (Å²) in [5, 5.41) is 0.960. The quantitative estimate of drug-likeness (QED) is 0.646. The smallest absolute Gasteiger partial charge is 0.166 e. The van der Waals surface area contributed by atoms with Gasteiger partial charge in [0.15, 0.2) is 5.16 Å². The fourth-order valence-electron chi connectivity index (χ4n) is 1.43. The highest BCUT2D eigenvalue weighted by atomic mass is 32.2. The molecule has 0 bridgehead atoms. The number of benzene rings is 1. The largest absolute Gasteiger partial charge is 0.497 e. The molecule has 5 heteroatoms. The van der Waals surface area contributed by atoms with Gasteiger partial charge in [-0.1, -0.05) is 18.7 Å². The Morgan fingerprint density at radius 2 is 2.35 bits per heavy atom. The van der Waals surface area contributed by atoms with E-state index in [1.807, 2.05) is 18.2 Å². The van der Waals surface area contributed by atoms with Gasteiger partial charge < -0.3 is 9.72 Å². The molecule has 2 aromatic rings. The van der Waals surface area contributed by atoms with Crippen LogP contribution in [0.1, 0.15) is 6.92 Å². The van der Waals surface area contributed by atoms with Gasteiger partial charge in [0.05, 0.1) is 18.1 Å². The van der Waals surface area contributed by atoms with Crippen LogP contribution < -0.4 is 4.74 Å². The monoisotopic (exact) mass is 268 g/mol. The van der Waals surface area contributed by atoms with Crippen LogP contribution in [0.4, 0.5) is 0 Å². The fraction of sp³-hybridized carbons (Fsp3) is 0.417. The van der Waals surface area contributed by atoms with E-state index in [9.17, 15) is 0 Å². The summed E-state index contributed by atoms with van der Waals surface area (Å²) in [4.78, 5) is 7.82. The van der Waals surface area contributed by atoms with Crippen LogP contribution in [0.25, 0.3) is 11.0 Å². The number of H-pyrrole nitrogens is 1. The molecule has 0 aliphatic heterocycles. The van der Waals surface area contributed by atoms with Crippen LogP contribution >= 0.6 is 24.4 Å². The van der Waals surface area contributed by atoms with Gasteiger partial charge in [0, 0.05) is 11.8 Å². The van der Waals surface area contributed by atoms with Crippen LogP contribution in [-0.2, 0) is 0 Å². The molecular formula is C12H16N2OS2. The van der Waals surface area contributed by atoms with Gasteiger partial charge in [-0.3, -0.25) is 0 Å². The minimum absolute atomic E-state index is 0.589. The van der Waals surface area contributed by atoms with Crippen molar-refractivity contribution in [2.45, 2.75) is 12.1 Å². The van der Waals surface area contributed by atoms with E-state index in [1.165, 1.54) is 0 Å². The third-order valence-electron chi connectivity index (χ3n) is 2.48. The van der Waals surface area contributed by atoms with Gasteiger partial charge in [0.2, 0.25) is 0 Å². The first kappa shape index (κ1) is 12.6. The van der Waals surface area contributed by atoms with Gasteiger partial charge in [-0.15, -0.1) is 0 Å². The third-order valence-corrected chi connectivity index (χ3v) is 4.31. The molecule has 1 aromatic heterocycles. The fourth-order valence-corrected chi connectivity index (χ4v) is 2.64. The first-order valence-electron chi connectivity index (χ1n) is 5.50. The van der Waals surface area contributed by atoms with Crippen molar-refractivity contribution in [2.24, 2.45) is 5.92 Å². The van der Waals surface area contributed by atoms with Crippen LogP contribution in [0.3, 0.4) is 0 Å². The molecule has 0 aliphatic rings. The Morgan fingerprint density at radius 1 is 1.53 bits per heavy atom. The lowest BCUT2D eigenvalue weighted by atomic mass is 10.3. The molecule has 1 unspecified atom stereocenters. The number of imidazole rings is 1. The Hall–Kier alpha value is -0.810. The topological polar surface area (TPSA) is 37.9 Å². The van der Waals surface area contributed by atoms with E-state index in [4.69, 9.17) is 4.74 Å². The second kappa shape index (κ2) is 5.69. The highest BCUT2D eigenvalue weighted by Gasteiger charge is 2.06. The third kappa shape index (κ3) is 3.10. The number of nitrogens with one attached hydrogen (secondary N) is 1. The Labute approximate surface area is 111 Å². The average Bonchev–Trinajstić information content (AvgIpc) is 2.77. The zero-order chi connectivity index (χ0) is 12.3. The van der Waals surface area contributed by atoms with Crippen molar-refractivity contribution in [3.63, 3.8) is 0 Å². The summed E-state index contributed by atoms with van der Waals surface area (Å²) in [7, 11) is 1.67. The summed E-state index contributed by atoms with van der Waals surface area (Å²) in [6.07, 6.45) is 0. The molecule has 0 saturated carbocycles. The molecule has 0 saturated heterocycles. The summed E-state index contributed by atoms with van der Waals surface area (Å²) >= 11 is 6.01. The summed E-state index contributed by atoms with van der Waals surface area (Å²) in [6, 6.07) is 5.86. The molecule has 1 aromatic carbocycles. The number of fused-ring (bicyclic) bond motifs is 1. The maximum absolute atomic E-state index is 5.18. The van der Waals surface area contributed by atoms with Gasteiger partial charge in [-0.05, 0) is 23.8 Å². The molecule has 2 rings (SSSR count). The summed E-state index contributed by atoms with van der Waals surface area (Å²) < 4.78 is 5.18. The van der Waals surface area contributed by atoms with Crippen LogP contribution in [0.2, 0.25) is 0 Å². The minimum Gasteiger partial charge on any atom is -0.497 e. The van der Waals surface area contributed by atoms with Crippen LogP contribution in [0.5, 0.6) is 5.75 Å². The number of hydrogen-bond acceptors (Lipinski definition) is 4. The SMILES string of the molecule is COc1ccc2nc(SCC(C)CS)[nH]c2c1. The lowest BCUT2D eigenvalue weighted by molar-refractivity contribution is 0.415. The molecule has 1 N–H and O–H groups in total. The number of thiol groups is 1. The maximum atomic E-state index is 5.18. The molecule has 0 amide bonds. The van der Waals surface area contributed by atoms with Gasteiger partial charge in [0.1, 0.15) is 5.75 Å². The number of ether oxygens (including phenoxy) is 1. The second-order valence-corrected chi connectivity index (χ2v) is 5.40. The number of methoxy groups -OCH3 is 1. The Kier molecular flexibility index (Phi) is 4.23. The summed E-state index contributed by atoms with van der Waals surface area (Å²) in [5.41, 5.74) is 2.00. The van der Waals surface area contributed by atoms with Gasteiger partial charge >= 0.3 is 0 Å². The van der Waals surface area contributed by atoms with Crippen LogP contribution in [-0.4, -0.2) is 28.6 Å². The lowest BCUT2D eigenvalue weighted by Gasteiger charge is -2.04. The van der Waals surface area contributed by atoms with E-state index in [-0.39, 0.29) is 0 Å². The number of hydrogen-bond donors (Lipinski definition) is 2. The predicted octanol–water partition coefficient (Wildman–Crippen LogP) is 3.23. The number of rotatable bonds is 5. The maximum Gasteiger partial charge on any atom is 0.166 e. The van der Waals surface area contributed by atoms with Crippen LogP contribution in [0.15, 0.2) is 23.4 Å². The van der Waals surface area contributed by atoms with E-state index >= 15 is 0 Å². The number of nitrogens with zero attached hydrogens (tertiary/aromatic N) is 1. The summed E-state index contributed by atoms with van der Waals surface area (Å²) in [5.74, 6) is 3.37. The van der Waals surface area contributed by atoms with Crippen molar-refractivity contribution in [3.05, 3.63) is 18.2 Å². The van der Waals surface area contributed by atoms with Crippen molar-refractivity contribution in [1.29, 1.82) is 0 Å². The van der Waals surface area contributed by atoms with Crippen molar-refractivity contribution in [2.75, 3.05) is 18.6 Å². The summed E-state index contributed by atoms with van der Waals surface area (Å²) in [6.45, 7) is 2.19. The van der Waals surface area contributed by atoms with Gasteiger partial charge in [0.25, 0.3) is 0 Å². The molecule has 0 radical (unpaired) electrons. The van der Waals surface area contributed by atoms with Crippen molar-refractivity contribution in [1.82, 2.24) is 9.97 Å². The highest BCUT2D eigenvalue weighted by Crippen LogP contribution is 2.24. The normalized spacial score (nSPS) is 12.9. The zero-order valence-corrected chi connectivity index (χ0v) is 11.6. The van der Waals surface area contributed by atoms with E-state index in [0.29, 0.717) is 5.92 Å². The number of thioether (sulfide) groups is 1. The number of aromatic nitrogens is 2. The van der Waals surface area contributed by atoms with Gasteiger partial charge in [-0.25, -0.2) is 4.98 Å². The zero-order valence-electron chi connectivity index (χ0n) is 9.93. The van der Waals surface area contributed by atoms with Crippen molar-refractivity contribution < 1.29 is 4.74 Å². The molecule has 1 atom stereocenters. The van der Waals surface area contributed by atoms with E-state index in [0.717, 1.165) is 33.4 Å². The lowest BCUT2D eigenvalue weighted by Crippen LogP contribution is -1.99. The van der Waals surface area contributed by atoms with Crippen molar-refractivity contribution in [3.8, 4) is 5.75 Å². The Bertz CT molecular complexity index is 498. The Balaban J connectivity index is 2.14. The molecule has 3 nitrogen and oxygen atoms in total. The van der Waals surface area contributed by atoms with Crippen molar-refractivity contribution >= 4 is 35.4 Å². The molecule has 17 heavy (non-hydrogen) atoms. The highest BCUT2D eigenvalue weighted by molar-refractivity contribution is 7.99. The molecule has 92 valence electrons. The molecular weight excluding hydrogens is 252 g/mol.